The zero-order chi connectivity index (χ0) is 13.0. The van der Waals surface area contributed by atoms with Gasteiger partial charge in [-0.2, -0.15) is 0 Å². The quantitative estimate of drug-likeness (QED) is 0.866. The highest BCUT2D eigenvalue weighted by Crippen LogP contribution is 2.23. The Hall–Kier alpha value is -2.00. The highest BCUT2D eigenvalue weighted by atomic mass is 16.5. The van der Waals surface area contributed by atoms with E-state index in [1.165, 1.54) is 0 Å². The first-order chi connectivity index (χ1) is 8.74. The predicted octanol–water partition coefficient (Wildman–Crippen LogP) is 2.79. The summed E-state index contributed by atoms with van der Waals surface area (Å²) in [4.78, 5) is 0. The largest absolute Gasteiger partial charge is 0.497 e. The molecule has 1 atom stereocenters. The summed E-state index contributed by atoms with van der Waals surface area (Å²) < 4.78 is 5.14. The molecule has 0 amide bonds. The molecule has 0 aliphatic rings. The van der Waals surface area contributed by atoms with Gasteiger partial charge in [0.15, 0.2) is 0 Å². The fourth-order valence-electron chi connectivity index (χ4n) is 1.86. The number of nitrogens with two attached hydrogens (primary N) is 1. The van der Waals surface area contributed by atoms with E-state index in [1.807, 2.05) is 55.6 Å². The van der Waals surface area contributed by atoms with Gasteiger partial charge < -0.3 is 15.8 Å². The van der Waals surface area contributed by atoms with Crippen LogP contribution in [0, 0.1) is 0 Å². The number of methoxy groups -OCH3 is 1. The average Bonchev–Trinajstić information content (AvgIpc) is 2.47. The molecule has 1 unspecified atom stereocenters. The van der Waals surface area contributed by atoms with Gasteiger partial charge in [-0.25, -0.2) is 0 Å². The van der Waals surface area contributed by atoms with E-state index in [-0.39, 0.29) is 6.04 Å². The fraction of sp³-hybridized carbons (Fsp3) is 0.200. The molecule has 0 bridgehead atoms. The van der Waals surface area contributed by atoms with E-state index < -0.39 is 0 Å². The van der Waals surface area contributed by atoms with Gasteiger partial charge in [0.25, 0.3) is 0 Å². The normalized spacial score (nSPS) is 11.9. The van der Waals surface area contributed by atoms with Gasteiger partial charge in [-0.1, -0.05) is 24.3 Å². The van der Waals surface area contributed by atoms with Gasteiger partial charge in [0, 0.05) is 12.7 Å². The summed E-state index contributed by atoms with van der Waals surface area (Å²) in [6, 6.07) is 15.9. The van der Waals surface area contributed by atoms with Gasteiger partial charge in [-0.05, 0) is 35.4 Å². The first kappa shape index (κ1) is 12.5. The summed E-state index contributed by atoms with van der Waals surface area (Å²) in [5, 5.41) is 3.09. The maximum Gasteiger partial charge on any atom is 0.118 e. The summed E-state index contributed by atoms with van der Waals surface area (Å²) in [7, 11) is 3.56. The zero-order valence-corrected chi connectivity index (χ0v) is 10.7. The van der Waals surface area contributed by atoms with Crippen molar-refractivity contribution >= 4 is 5.69 Å². The lowest BCUT2D eigenvalue weighted by atomic mass is 9.99. The van der Waals surface area contributed by atoms with Crippen molar-refractivity contribution < 1.29 is 4.74 Å². The summed E-state index contributed by atoms with van der Waals surface area (Å²) in [6.07, 6.45) is 0. The number of rotatable bonds is 4. The smallest absolute Gasteiger partial charge is 0.118 e. The monoisotopic (exact) mass is 242 g/mol. The lowest BCUT2D eigenvalue weighted by Crippen LogP contribution is -2.11. The predicted molar refractivity (Wildman–Crippen MR) is 75.0 cm³/mol. The van der Waals surface area contributed by atoms with Crippen molar-refractivity contribution in [2.75, 3.05) is 19.5 Å². The number of ether oxygens (including phenoxy) is 1. The molecule has 2 aromatic carbocycles. The molecular weight excluding hydrogens is 224 g/mol. The van der Waals surface area contributed by atoms with Crippen molar-refractivity contribution in [1.82, 2.24) is 0 Å². The van der Waals surface area contributed by atoms with Gasteiger partial charge in [-0.15, -0.1) is 0 Å². The van der Waals surface area contributed by atoms with Crippen LogP contribution >= 0.6 is 0 Å². The minimum atomic E-state index is -0.109. The summed E-state index contributed by atoms with van der Waals surface area (Å²) in [5.74, 6) is 0.844. The van der Waals surface area contributed by atoms with Crippen LogP contribution in [0.4, 0.5) is 5.69 Å². The molecule has 3 nitrogen and oxygen atoms in total. The topological polar surface area (TPSA) is 47.3 Å². The van der Waals surface area contributed by atoms with Crippen LogP contribution < -0.4 is 15.8 Å². The van der Waals surface area contributed by atoms with Crippen LogP contribution in [-0.2, 0) is 0 Å². The molecular formula is C15H18N2O. The molecule has 3 heteroatoms. The van der Waals surface area contributed by atoms with E-state index in [9.17, 15) is 0 Å². The SMILES string of the molecule is CNc1ccc(C(N)c2ccc(OC)cc2)cc1. The Labute approximate surface area is 108 Å². The molecule has 94 valence electrons. The Bertz CT molecular complexity index is 443. The van der Waals surface area contributed by atoms with Crippen molar-refractivity contribution in [1.29, 1.82) is 0 Å². The third-order valence-electron chi connectivity index (χ3n) is 3.03. The number of anilines is 1. The van der Waals surface area contributed by atoms with E-state index in [0.29, 0.717) is 0 Å². The maximum atomic E-state index is 6.24. The zero-order valence-electron chi connectivity index (χ0n) is 10.7. The number of nitrogens with one attached hydrogen (secondary N) is 1. The Kier molecular flexibility index (Phi) is 3.85. The van der Waals surface area contributed by atoms with Crippen LogP contribution in [0.1, 0.15) is 17.2 Å². The van der Waals surface area contributed by atoms with Gasteiger partial charge in [0.1, 0.15) is 5.75 Å². The lowest BCUT2D eigenvalue weighted by molar-refractivity contribution is 0.414. The van der Waals surface area contributed by atoms with E-state index >= 15 is 0 Å². The van der Waals surface area contributed by atoms with E-state index in [0.717, 1.165) is 22.6 Å². The Morgan fingerprint density at radius 1 is 0.944 bits per heavy atom. The molecule has 0 heterocycles. The molecule has 0 saturated heterocycles. The molecule has 2 rings (SSSR count). The second kappa shape index (κ2) is 5.56. The number of hydrogen-bond donors (Lipinski definition) is 2. The Morgan fingerprint density at radius 3 is 1.89 bits per heavy atom. The summed E-state index contributed by atoms with van der Waals surface area (Å²) in [6.45, 7) is 0. The van der Waals surface area contributed by atoms with Crippen LogP contribution in [0.2, 0.25) is 0 Å². The lowest BCUT2D eigenvalue weighted by Gasteiger charge is -2.13. The van der Waals surface area contributed by atoms with Gasteiger partial charge in [0.2, 0.25) is 0 Å². The molecule has 0 saturated carbocycles. The first-order valence-electron chi connectivity index (χ1n) is 5.92. The molecule has 0 aliphatic heterocycles. The molecule has 0 aliphatic carbocycles. The fourth-order valence-corrected chi connectivity index (χ4v) is 1.86. The Balaban J connectivity index is 2.20. The third-order valence-corrected chi connectivity index (χ3v) is 3.03. The average molecular weight is 242 g/mol. The molecule has 2 aromatic rings. The third kappa shape index (κ3) is 2.63. The van der Waals surface area contributed by atoms with Crippen LogP contribution in [0.15, 0.2) is 48.5 Å². The molecule has 0 radical (unpaired) electrons. The number of benzene rings is 2. The van der Waals surface area contributed by atoms with Crippen LogP contribution in [0.25, 0.3) is 0 Å². The van der Waals surface area contributed by atoms with Gasteiger partial charge >= 0.3 is 0 Å². The van der Waals surface area contributed by atoms with Crippen molar-refractivity contribution in [3.8, 4) is 5.75 Å². The van der Waals surface area contributed by atoms with E-state index in [2.05, 4.69) is 5.32 Å². The van der Waals surface area contributed by atoms with Gasteiger partial charge in [0.05, 0.1) is 13.2 Å². The molecule has 0 spiro atoms. The molecule has 0 aromatic heterocycles. The highest BCUT2D eigenvalue weighted by molar-refractivity contribution is 5.46. The standard InChI is InChI=1S/C15H18N2O/c1-17-13-7-3-11(4-8-13)15(16)12-5-9-14(18-2)10-6-12/h3-10,15,17H,16H2,1-2H3. The van der Waals surface area contributed by atoms with Crippen molar-refractivity contribution in [3.63, 3.8) is 0 Å². The minimum Gasteiger partial charge on any atom is -0.497 e. The van der Waals surface area contributed by atoms with Crippen molar-refractivity contribution in [2.45, 2.75) is 6.04 Å². The van der Waals surface area contributed by atoms with Crippen molar-refractivity contribution in [2.24, 2.45) is 5.73 Å². The molecule has 18 heavy (non-hydrogen) atoms. The summed E-state index contributed by atoms with van der Waals surface area (Å²) >= 11 is 0. The first-order valence-corrected chi connectivity index (χ1v) is 5.92. The second-order valence-electron chi connectivity index (χ2n) is 4.12. The van der Waals surface area contributed by atoms with E-state index in [1.54, 1.807) is 7.11 Å². The second-order valence-corrected chi connectivity index (χ2v) is 4.12. The molecule has 0 fully saturated rings. The van der Waals surface area contributed by atoms with Crippen LogP contribution in [0.3, 0.4) is 0 Å². The molecule has 3 N–H and O–H groups in total. The van der Waals surface area contributed by atoms with Crippen LogP contribution in [0.5, 0.6) is 5.75 Å². The minimum absolute atomic E-state index is 0.109. The highest BCUT2D eigenvalue weighted by Gasteiger charge is 2.08. The summed E-state index contributed by atoms with van der Waals surface area (Å²) in [5.41, 5.74) is 9.50. The number of hydrogen-bond acceptors (Lipinski definition) is 3. The van der Waals surface area contributed by atoms with Crippen LogP contribution in [-0.4, -0.2) is 14.2 Å². The maximum absolute atomic E-state index is 6.24. The van der Waals surface area contributed by atoms with Gasteiger partial charge in [-0.3, -0.25) is 0 Å². The Morgan fingerprint density at radius 2 is 1.44 bits per heavy atom. The van der Waals surface area contributed by atoms with Crippen molar-refractivity contribution in [3.05, 3.63) is 59.7 Å². The van der Waals surface area contributed by atoms with E-state index in [4.69, 9.17) is 10.5 Å².